The molecule has 1 heterocycles. The molecule has 2 amide bonds. The van der Waals surface area contributed by atoms with Gasteiger partial charge in [0.25, 0.3) is 0 Å². The van der Waals surface area contributed by atoms with E-state index in [9.17, 15) is 9.59 Å². The second-order valence-electron chi connectivity index (χ2n) is 8.52. The number of aromatic nitrogens is 2. The highest BCUT2D eigenvalue weighted by molar-refractivity contribution is 5.91. The molecule has 0 aliphatic rings. The van der Waals surface area contributed by atoms with Crippen molar-refractivity contribution in [3.05, 3.63) is 90.1 Å². The van der Waals surface area contributed by atoms with Crippen LogP contribution in [0.3, 0.4) is 0 Å². The minimum atomic E-state index is -0.153. The molecule has 0 aliphatic carbocycles. The van der Waals surface area contributed by atoms with Gasteiger partial charge < -0.3 is 10.2 Å². The maximum atomic E-state index is 12.5. The molecule has 0 fully saturated rings. The molecule has 34 heavy (non-hydrogen) atoms. The molecule has 6 heteroatoms. The van der Waals surface area contributed by atoms with E-state index in [0.29, 0.717) is 6.54 Å². The smallest absolute Gasteiger partial charge is 0.241 e. The first-order valence-corrected chi connectivity index (χ1v) is 11.6. The Morgan fingerprint density at radius 1 is 0.971 bits per heavy atom. The average molecular weight is 455 g/mol. The third kappa shape index (κ3) is 5.70. The van der Waals surface area contributed by atoms with Gasteiger partial charge in [-0.15, -0.1) is 0 Å². The molecule has 0 atom stereocenters. The molecule has 3 aromatic carbocycles. The van der Waals surface area contributed by atoms with E-state index in [-0.39, 0.29) is 24.8 Å². The highest BCUT2D eigenvalue weighted by Gasteiger charge is 2.13. The number of nitrogens with zero attached hydrogens (tertiary/aromatic N) is 3. The summed E-state index contributed by atoms with van der Waals surface area (Å²) in [5.74, 6) is -0.253. The Hall–Kier alpha value is -3.93. The van der Waals surface area contributed by atoms with E-state index in [4.69, 9.17) is 0 Å². The Labute approximate surface area is 200 Å². The molecule has 6 nitrogen and oxygen atoms in total. The number of carbonyl (C=O) groups is 2. The maximum absolute atomic E-state index is 12.5. The highest BCUT2D eigenvalue weighted by atomic mass is 16.2. The molecule has 0 spiro atoms. The van der Waals surface area contributed by atoms with E-state index < -0.39 is 0 Å². The van der Waals surface area contributed by atoms with Gasteiger partial charge in [-0.3, -0.25) is 14.3 Å². The number of amides is 2. The predicted molar refractivity (Wildman–Crippen MR) is 135 cm³/mol. The van der Waals surface area contributed by atoms with Gasteiger partial charge in [0.15, 0.2) is 0 Å². The predicted octanol–water partition coefficient (Wildman–Crippen LogP) is 3.99. The fraction of sp³-hybridized carbons (Fsp3) is 0.250. The lowest BCUT2D eigenvalue weighted by molar-refractivity contribution is -0.131. The molecular weight excluding hydrogens is 424 g/mol. The highest BCUT2D eigenvalue weighted by Crippen LogP contribution is 2.20. The monoisotopic (exact) mass is 454 g/mol. The lowest BCUT2D eigenvalue weighted by Crippen LogP contribution is -2.39. The fourth-order valence-electron chi connectivity index (χ4n) is 4.14. The number of benzene rings is 3. The van der Waals surface area contributed by atoms with Crippen molar-refractivity contribution in [3.8, 4) is 11.3 Å². The summed E-state index contributed by atoms with van der Waals surface area (Å²) in [5.41, 5.74) is 4.18. The molecular formula is C28H30N4O2. The molecule has 0 unspecified atom stereocenters. The van der Waals surface area contributed by atoms with Crippen molar-refractivity contribution < 1.29 is 9.59 Å². The van der Waals surface area contributed by atoms with Crippen molar-refractivity contribution in [3.63, 3.8) is 0 Å². The summed E-state index contributed by atoms with van der Waals surface area (Å²) in [7, 11) is 3.72. The van der Waals surface area contributed by atoms with Crippen molar-refractivity contribution in [2.45, 2.75) is 19.3 Å². The van der Waals surface area contributed by atoms with Crippen LogP contribution in [-0.2, 0) is 29.5 Å². The van der Waals surface area contributed by atoms with E-state index >= 15 is 0 Å². The first-order valence-electron chi connectivity index (χ1n) is 11.6. The number of fused-ring (bicyclic) bond motifs is 1. The minimum Gasteiger partial charge on any atom is -0.347 e. The van der Waals surface area contributed by atoms with E-state index in [1.54, 1.807) is 11.9 Å². The third-order valence-electron chi connectivity index (χ3n) is 6.02. The second kappa shape index (κ2) is 10.8. The number of nitrogens with one attached hydrogen (secondary N) is 1. The molecule has 174 valence electrons. The van der Waals surface area contributed by atoms with Gasteiger partial charge in [-0.1, -0.05) is 72.8 Å². The topological polar surface area (TPSA) is 67.2 Å². The van der Waals surface area contributed by atoms with Gasteiger partial charge in [0.05, 0.1) is 24.4 Å². The molecule has 0 radical (unpaired) electrons. The zero-order chi connectivity index (χ0) is 23.9. The van der Waals surface area contributed by atoms with Crippen LogP contribution in [-0.4, -0.2) is 46.6 Å². The normalized spacial score (nSPS) is 10.9. The Kier molecular flexibility index (Phi) is 7.38. The van der Waals surface area contributed by atoms with Gasteiger partial charge in [0.2, 0.25) is 11.8 Å². The van der Waals surface area contributed by atoms with Gasteiger partial charge >= 0.3 is 0 Å². The molecule has 0 saturated heterocycles. The van der Waals surface area contributed by atoms with Crippen LogP contribution in [0.15, 0.2) is 78.9 Å². The van der Waals surface area contributed by atoms with Gasteiger partial charge in [0, 0.05) is 20.6 Å². The van der Waals surface area contributed by atoms with Crippen LogP contribution >= 0.6 is 0 Å². The summed E-state index contributed by atoms with van der Waals surface area (Å²) in [5, 5.41) is 9.54. The fourth-order valence-corrected chi connectivity index (χ4v) is 4.14. The SMILES string of the molecule is CN(CCCc1cc(-c2ccccc2)n(C)n1)C(=O)CNC(=O)Cc1cccc2ccccc12. The average Bonchev–Trinajstić information content (AvgIpc) is 3.23. The van der Waals surface area contributed by atoms with E-state index in [0.717, 1.165) is 46.1 Å². The number of rotatable bonds is 9. The Bertz CT molecular complexity index is 1270. The number of carbonyl (C=O) groups excluding carboxylic acids is 2. The molecule has 0 saturated carbocycles. The molecule has 1 N–H and O–H groups in total. The Morgan fingerprint density at radius 2 is 1.71 bits per heavy atom. The Balaban J connectivity index is 1.22. The van der Waals surface area contributed by atoms with E-state index in [1.807, 2.05) is 72.4 Å². The number of hydrogen-bond acceptors (Lipinski definition) is 3. The van der Waals surface area contributed by atoms with Crippen LogP contribution in [0.5, 0.6) is 0 Å². The first-order chi connectivity index (χ1) is 16.5. The molecule has 0 bridgehead atoms. The second-order valence-corrected chi connectivity index (χ2v) is 8.52. The molecule has 4 aromatic rings. The lowest BCUT2D eigenvalue weighted by atomic mass is 10.0. The third-order valence-corrected chi connectivity index (χ3v) is 6.02. The number of aryl methyl sites for hydroxylation is 2. The van der Waals surface area contributed by atoms with E-state index in [2.05, 4.69) is 28.6 Å². The maximum Gasteiger partial charge on any atom is 0.241 e. The lowest BCUT2D eigenvalue weighted by Gasteiger charge is -2.17. The van der Waals surface area contributed by atoms with Crippen molar-refractivity contribution in [1.82, 2.24) is 20.0 Å². The van der Waals surface area contributed by atoms with Gasteiger partial charge in [-0.25, -0.2) is 0 Å². The quantitative estimate of drug-likeness (QED) is 0.416. The van der Waals surface area contributed by atoms with Crippen LogP contribution in [0.25, 0.3) is 22.0 Å². The molecule has 0 aliphatic heterocycles. The van der Waals surface area contributed by atoms with Crippen molar-refractivity contribution >= 4 is 22.6 Å². The summed E-state index contributed by atoms with van der Waals surface area (Å²) in [4.78, 5) is 26.6. The van der Waals surface area contributed by atoms with Crippen LogP contribution in [0.1, 0.15) is 17.7 Å². The number of hydrogen-bond donors (Lipinski definition) is 1. The summed E-state index contributed by atoms with van der Waals surface area (Å²) in [6, 6.07) is 26.2. The first kappa shape index (κ1) is 23.2. The zero-order valence-corrected chi connectivity index (χ0v) is 19.7. The largest absolute Gasteiger partial charge is 0.347 e. The summed E-state index contributed by atoms with van der Waals surface area (Å²) < 4.78 is 1.89. The van der Waals surface area contributed by atoms with Gasteiger partial charge in [0.1, 0.15) is 0 Å². The van der Waals surface area contributed by atoms with Gasteiger partial charge in [-0.05, 0) is 40.8 Å². The Morgan fingerprint density at radius 3 is 2.53 bits per heavy atom. The minimum absolute atomic E-state index is 0.00183. The van der Waals surface area contributed by atoms with Crippen molar-refractivity contribution in [2.75, 3.05) is 20.1 Å². The van der Waals surface area contributed by atoms with E-state index in [1.165, 1.54) is 0 Å². The van der Waals surface area contributed by atoms with Crippen molar-refractivity contribution in [1.29, 1.82) is 0 Å². The molecule has 1 aromatic heterocycles. The number of likely N-dealkylation sites (N-methyl/N-ethyl adjacent to an activating group) is 1. The summed E-state index contributed by atoms with van der Waals surface area (Å²) >= 11 is 0. The molecule has 4 rings (SSSR count). The zero-order valence-electron chi connectivity index (χ0n) is 19.7. The van der Waals surface area contributed by atoms with Gasteiger partial charge in [-0.2, -0.15) is 5.10 Å². The van der Waals surface area contributed by atoms with Crippen LogP contribution < -0.4 is 5.32 Å². The summed E-state index contributed by atoms with van der Waals surface area (Å²) in [6.07, 6.45) is 1.84. The van der Waals surface area contributed by atoms with Crippen molar-refractivity contribution in [2.24, 2.45) is 7.05 Å². The summed E-state index contributed by atoms with van der Waals surface area (Å²) in [6.45, 7) is 0.608. The standard InChI is InChI=1S/C28H30N4O2/c1-31(17-9-15-24-19-26(32(2)30-24)22-11-4-3-5-12-22)28(34)20-29-27(33)18-23-14-8-13-21-10-6-7-16-25(21)23/h3-8,10-14,16,19H,9,15,17-18,20H2,1-2H3,(H,29,33). The van der Waals surface area contributed by atoms with Crippen LogP contribution in [0, 0.1) is 0 Å². The van der Waals surface area contributed by atoms with Crippen LogP contribution in [0.2, 0.25) is 0 Å². The van der Waals surface area contributed by atoms with Crippen LogP contribution in [0.4, 0.5) is 0 Å².